The molecular weight excluding hydrogens is 268 g/mol. The second-order valence-electron chi connectivity index (χ2n) is 6.61. The van der Waals surface area contributed by atoms with Gasteiger partial charge in [-0.25, -0.2) is 0 Å². The van der Waals surface area contributed by atoms with E-state index < -0.39 is 0 Å². The molecule has 0 aliphatic carbocycles. The summed E-state index contributed by atoms with van der Waals surface area (Å²) in [6.45, 7) is 6.80. The van der Waals surface area contributed by atoms with E-state index in [4.69, 9.17) is 0 Å². The summed E-state index contributed by atoms with van der Waals surface area (Å²) in [6.07, 6.45) is 13.8. The number of aromatic hydroxyl groups is 1. The summed E-state index contributed by atoms with van der Waals surface area (Å²) in [4.78, 5) is 0. The van der Waals surface area contributed by atoms with Crippen LogP contribution in [0.3, 0.4) is 0 Å². The van der Waals surface area contributed by atoms with E-state index >= 15 is 0 Å². The van der Waals surface area contributed by atoms with Crippen LogP contribution in [0.25, 0.3) is 0 Å². The van der Waals surface area contributed by atoms with Crippen LogP contribution in [0.5, 0.6) is 5.75 Å². The van der Waals surface area contributed by atoms with Gasteiger partial charge in [0.25, 0.3) is 0 Å². The van der Waals surface area contributed by atoms with Gasteiger partial charge >= 0.3 is 0 Å². The quantitative estimate of drug-likeness (QED) is 0.413. The van der Waals surface area contributed by atoms with Crippen molar-refractivity contribution in [1.29, 1.82) is 0 Å². The van der Waals surface area contributed by atoms with Crippen LogP contribution in [0.2, 0.25) is 0 Å². The summed E-state index contributed by atoms with van der Waals surface area (Å²) in [5.41, 5.74) is 2.64. The summed E-state index contributed by atoms with van der Waals surface area (Å²) < 4.78 is 0. The number of hydrogen-bond donors (Lipinski definition) is 1. The number of benzene rings is 1. The fourth-order valence-corrected chi connectivity index (χ4v) is 3.37. The molecule has 1 nitrogen and oxygen atoms in total. The molecule has 1 rings (SSSR count). The first-order valence-corrected chi connectivity index (χ1v) is 9.55. The van der Waals surface area contributed by atoms with Gasteiger partial charge in [-0.1, -0.05) is 77.8 Å². The Hall–Kier alpha value is -0.980. The van der Waals surface area contributed by atoms with E-state index in [1.165, 1.54) is 75.3 Å². The summed E-state index contributed by atoms with van der Waals surface area (Å²) >= 11 is 0. The molecule has 0 bridgehead atoms. The van der Waals surface area contributed by atoms with Crippen LogP contribution in [0.15, 0.2) is 18.2 Å². The lowest BCUT2D eigenvalue weighted by Gasteiger charge is -2.20. The molecule has 126 valence electrons. The molecule has 1 atom stereocenters. The average Bonchev–Trinajstić information content (AvgIpc) is 2.53. The molecule has 1 aromatic rings. The van der Waals surface area contributed by atoms with Crippen molar-refractivity contribution >= 4 is 0 Å². The predicted octanol–water partition coefficient (Wildman–Crippen LogP) is 6.98. The second-order valence-corrected chi connectivity index (χ2v) is 6.61. The molecule has 0 saturated carbocycles. The number of phenolic OH excluding ortho intramolecular Hbond substituents is 1. The van der Waals surface area contributed by atoms with Crippen molar-refractivity contribution in [2.75, 3.05) is 0 Å². The lowest BCUT2D eigenvalue weighted by molar-refractivity contribution is 0.460. The Morgan fingerprint density at radius 1 is 0.864 bits per heavy atom. The van der Waals surface area contributed by atoms with E-state index in [2.05, 4.69) is 26.8 Å². The molecule has 1 aromatic carbocycles. The van der Waals surface area contributed by atoms with Gasteiger partial charge in [0.2, 0.25) is 0 Å². The smallest absolute Gasteiger partial charge is 0.119 e. The second kappa shape index (κ2) is 11.6. The van der Waals surface area contributed by atoms with Crippen molar-refractivity contribution in [2.24, 2.45) is 0 Å². The van der Waals surface area contributed by atoms with Crippen molar-refractivity contribution in [2.45, 2.75) is 97.3 Å². The highest BCUT2D eigenvalue weighted by molar-refractivity contribution is 5.41. The zero-order chi connectivity index (χ0) is 16.2. The molecule has 1 N–H and O–H groups in total. The number of unbranched alkanes of at least 4 members (excludes halogenated alkanes) is 6. The van der Waals surface area contributed by atoms with Crippen LogP contribution >= 0.6 is 0 Å². The summed E-state index contributed by atoms with van der Waals surface area (Å²) in [5.74, 6) is 1.13. The van der Waals surface area contributed by atoms with Crippen LogP contribution in [-0.2, 0) is 6.42 Å². The van der Waals surface area contributed by atoms with Gasteiger partial charge in [0.1, 0.15) is 5.75 Å². The molecule has 1 heteroatoms. The number of phenols is 1. The molecule has 0 fully saturated rings. The highest BCUT2D eigenvalue weighted by Gasteiger charge is 2.15. The van der Waals surface area contributed by atoms with E-state index in [1.54, 1.807) is 0 Å². The van der Waals surface area contributed by atoms with Crippen molar-refractivity contribution in [3.63, 3.8) is 0 Å². The van der Waals surface area contributed by atoms with E-state index in [1.807, 2.05) is 12.1 Å². The SMILES string of the molecule is CCCCCCCc1c(O)cccc1C(CC)CCCCC. The lowest BCUT2D eigenvalue weighted by Crippen LogP contribution is -2.03. The van der Waals surface area contributed by atoms with Gasteiger partial charge in [-0.3, -0.25) is 0 Å². The van der Waals surface area contributed by atoms with E-state index in [0.717, 1.165) is 6.42 Å². The Bertz CT molecular complexity index is 397. The average molecular weight is 305 g/mol. The van der Waals surface area contributed by atoms with Crippen molar-refractivity contribution in [3.8, 4) is 5.75 Å². The Morgan fingerprint density at radius 2 is 1.55 bits per heavy atom. The maximum absolute atomic E-state index is 10.3. The maximum Gasteiger partial charge on any atom is 0.119 e. The van der Waals surface area contributed by atoms with E-state index in [9.17, 15) is 5.11 Å². The van der Waals surface area contributed by atoms with Crippen molar-refractivity contribution in [1.82, 2.24) is 0 Å². The van der Waals surface area contributed by atoms with Crippen LogP contribution in [0.4, 0.5) is 0 Å². The minimum Gasteiger partial charge on any atom is -0.508 e. The van der Waals surface area contributed by atoms with Crippen LogP contribution in [0, 0.1) is 0 Å². The molecule has 1 unspecified atom stereocenters. The van der Waals surface area contributed by atoms with Crippen LogP contribution in [0.1, 0.15) is 102 Å². The first-order valence-electron chi connectivity index (χ1n) is 9.55. The third-order valence-electron chi connectivity index (χ3n) is 4.81. The highest BCUT2D eigenvalue weighted by Crippen LogP contribution is 2.33. The Morgan fingerprint density at radius 3 is 2.23 bits per heavy atom. The molecule has 0 heterocycles. The summed E-state index contributed by atoms with van der Waals surface area (Å²) in [5, 5.41) is 10.3. The number of hydrogen-bond acceptors (Lipinski definition) is 1. The Balaban J connectivity index is 2.69. The third-order valence-corrected chi connectivity index (χ3v) is 4.81. The topological polar surface area (TPSA) is 20.2 Å². The Labute approximate surface area is 138 Å². The first kappa shape index (κ1) is 19.1. The van der Waals surface area contributed by atoms with Gasteiger partial charge in [0.15, 0.2) is 0 Å². The predicted molar refractivity (Wildman–Crippen MR) is 97.7 cm³/mol. The normalized spacial score (nSPS) is 12.5. The third kappa shape index (κ3) is 6.42. The molecule has 0 aliphatic rings. The van der Waals surface area contributed by atoms with Gasteiger partial charge < -0.3 is 5.11 Å². The van der Waals surface area contributed by atoms with Gasteiger partial charge in [0, 0.05) is 0 Å². The highest BCUT2D eigenvalue weighted by atomic mass is 16.3. The first-order chi connectivity index (χ1) is 10.7. The zero-order valence-electron chi connectivity index (χ0n) is 15.0. The van der Waals surface area contributed by atoms with Gasteiger partial charge in [-0.2, -0.15) is 0 Å². The largest absolute Gasteiger partial charge is 0.508 e. The van der Waals surface area contributed by atoms with E-state index in [0.29, 0.717) is 11.7 Å². The maximum atomic E-state index is 10.3. The molecular formula is C21H36O. The van der Waals surface area contributed by atoms with Gasteiger partial charge in [-0.15, -0.1) is 0 Å². The fourth-order valence-electron chi connectivity index (χ4n) is 3.37. The minimum atomic E-state index is 0.516. The fraction of sp³-hybridized carbons (Fsp3) is 0.714. The number of rotatable bonds is 12. The molecule has 0 aromatic heterocycles. The molecule has 0 spiro atoms. The Kier molecular flexibility index (Phi) is 10.0. The molecule has 0 aliphatic heterocycles. The van der Waals surface area contributed by atoms with Crippen molar-refractivity contribution in [3.05, 3.63) is 29.3 Å². The summed E-state index contributed by atoms with van der Waals surface area (Å²) in [6, 6.07) is 6.14. The van der Waals surface area contributed by atoms with Crippen LogP contribution in [-0.4, -0.2) is 5.11 Å². The standard InChI is InChI=1S/C21H36O/c1-4-7-9-10-12-15-20-19(16-13-17-21(20)22)18(6-3)14-11-8-5-2/h13,16-18,22H,4-12,14-15H2,1-3H3. The zero-order valence-corrected chi connectivity index (χ0v) is 15.0. The van der Waals surface area contributed by atoms with Crippen LogP contribution < -0.4 is 0 Å². The molecule has 22 heavy (non-hydrogen) atoms. The lowest BCUT2D eigenvalue weighted by atomic mass is 9.86. The molecule has 0 amide bonds. The molecule has 0 saturated heterocycles. The monoisotopic (exact) mass is 304 g/mol. The van der Waals surface area contributed by atoms with Gasteiger partial charge in [0.05, 0.1) is 0 Å². The minimum absolute atomic E-state index is 0.516. The van der Waals surface area contributed by atoms with Gasteiger partial charge in [-0.05, 0) is 48.8 Å². The summed E-state index contributed by atoms with van der Waals surface area (Å²) in [7, 11) is 0. The van der Waals surface area contributed by atoms with E-state index in [-0.39, 0.29) is 0 Å². The van der Waals surface area contributed by atoms with Crippen molar-refractivity contribution < 1.29 is 5.11 Å². The molecule has 0 radical (unpaired) electrons.